The molecule has 0 aromatic rings. The summed E-state index contributed by atoms with van der Waals surface area (Å²) in [7, 11) is 2.85. The maximum Gasteiger partial charge on any atom is 0.406 e. The minimum atomic E-state index is -0.627. The predicted octanol–water partition coefficient (Wildman–Crippen LogP) is -0.387. The average molecular weight is 329 g/mol. The van der Waals surface area contributed by atoms with Crippen molar-refractivity contribution in [3.63, 3.8) is 0 Å². The standard InChI is InChI=1S/C14H23N3O6/c1-4-7-17-12(18)6-5-8-21-11(9-22-13(19)15-2)10-23-14(20)16-3/h1,11H,5-10H2,2-3H3,(H,15,19)(H,16,20)(H,17,18). The first-order valence-corrected chi connectivity index (χ1v) is 7.04. The second-order valence-electron chi connectivity index (χ2n) is 4.27. The van der Waals surface area contributed by atoms with Crippen molar-refractivity contribution in [1.29, 1.82) is 0 Å². The van der Waals surface area contributed by atoms with Gasteiger partial charge < -0.3 is 30.2 Å². The topological polar surface area (TPSA) is 115 Å². The summed E-state index contributed by atoms with van der Waals surface area (Å²) in [6.45, 7) is 0.254. The van der Waals surface area contributed by atoms with E-state index in [9.17, 15) is 14.4 Å². The van der Waals surface area contributed by atoms with Crippen LogP contribution in [0.15, 0.2) is 0 Å². The number of ether oxygens (including phenoxy) is 3. The van der Waals surface area contributed by atoms with Gasteiger partial charge >= 0.3 is 12.2 Å². The molecule has 0 fully saturated rings. The van der Waals surface area contributed by atoms with Crippen molar-refractivity contribution in [1.82, 2.24) is 16.0 Å². The molecule has 0 aliphatic heterocycles. The first kappa shape index (κ1) is 20.5. The van der Waals surface area contributed by atoms with Crippen molar-refractivity contribution >= 4 is 18.1 Å². The highest BCUT2D eigenvalue weighted by atomic mass is 16.6. The molecule has 0 spiro atoms. The molecule has 0 saturated heterocycles. The third-order valence-corrected chi connectivity index (χ3v) is 2.50. The quantitative estimate of drug-likeness (QED) is 0.371. The Morgan fingerprint density at radius 3 is 2.13 bits per heavy atom. The van der Waals surface area contributed by atoms with Crippen LogP contribution in [0.2, 0.25) is 0 Å². The number of amides is 3. The predicted molar refractivity (Wildman–Crippen MR) is 81.6 cm³/mol. The summed E-state index contributed by atoms with van der Waals surface area (Å²) in [4.78, 5) is 33.4. The Balaban J connectivity index is 4.08. The van der Waals surface area contributed by atoms with Crippen molar-refractivity contribution in [3.05, 3.63) is 0 Å². The van der Waals surface area contributed by atoms with Crippen LogP contribution in [0.4, 0.5) is 9.59 Å². The Kier molecular flexibility index (Phi) is 11.8. The molecule has 23 heavy (non-hydrogen) atoms. The van der Waals surface area contributed by atoms with Gasteiger partial charge in [-0.1, -0.05) is 5.92 Å². The number of carbonyl (C=O) groups excluding carboxylic acids is 3. The van der Waals surface area contributed by atoms with Crippen molar-refractivity contribution in [2.24, 2.45) is 0 Å². The zero-order valence-electron chi connectivity index (χ0n) is 13.3. The van der Waals surface area contributed by atoms with Gasteiger partial charge in [0, 0.05) is 27.1 Å². The molecule has 0 aromatic heterocycles. The zero-order chi connectivity index (χ0) is 17.5. The van der Waals surface area contributed by atoms with Crippen LogP contribution in [0.3, 0.4) is 0 Å². The second-order valence-corrected chi connectivity index (χ2v) is 4.27. The fraction of sp³-hybridized carbons (Fsp3) is 0.643. The smallest absolute Gasteiger partial charge is 0.406 e. The highest BCUT2D eigenvalue weighted by Crippen LogP contribution is 2.00. The maximum absolute atomic E-state index is 11.3. The Morgan fingerprint density at radius 2 is 1.65 bits per heavy atom. The molecule has 0 heterocycles. The molecular formula is C14H23N3O6. The molecule has 0 atom stereocenters. The summed E-state index contributed by atoms with van der Waals surface area (Å²) < 4.78 is 15.2. The number of rotatable bonds is 10. The Labute approximate surface area is 135 Å². The van der Waals surface area contributed by atoms with E-state index in [2.05, 4.69) is 21.9 Å². The van der Waals surface area contributed by atoms with E-state index in [4.69, 9.17) is 20.6 Å². The van der Waals surface area contributed by atoms with Gasteiger partial charge in [0.15, 0.2) is 0 Å². The minimum absolute atomic E-state index is 0.0834. The van der Waals surface area contributed by atoms with Gasteiger partial charge in [0.05, 0.1) is 6.54 Å². The van der Waals surface area contributed by atoms with E-state index in [-0.39, 0.29) is 38.7 Å². The number of terminal acetylenes is 1. The van der Waals surface area contributed by atoms with Gasteiger partial charge in [-0.05, 0) is 6.42 Å². The molecule has 0 saturated carbocycles. The molecule has 3 N–H and O–H groups in total. The normalized spacial score (nSPS) is 9.65. The van der Waals surface area contributed by atoms with Gasteiger partial charge in [-0.15, -0.1) is 6.42 Å². The van der Waals surface area contributed by atoms with E-state index in [1.165, 1.54) is 14.1 Å². The van der Waals surface area contributed by atoms with E-state index < -0.39 is 18.3 Å². The lowest BCUT2D eigenvalue weighted by atomic mass is 10.3. The van der Waals surface area contributed by atoms with Gasteiger partial charge in [-0.2, -0.15) is 0 Å². The lowest BCUT2D eigenvalue weighted by molar-refractivity contribution is -0.121. The fourth-order valence-corrected chi connectivity index (χ4v) is 1.35. The van der Waals surface area contributed by atoms with Gasteiger partial charge in [-0.3, -0.25) is 4.79 Å². The minimum Gasteiger partial charge on any atom is -0.447 e. The molecule has 0 aromatic carbocycles. The molecule has 9 nitrogen and oxygen atoms in total. The van der Waals surface area contributed by atoms with Crippen LogP contribution < -0.4 is 16.0 Å². The van der Waals surface area contributed by atoms with Gasteiger partial charge in [0.25, 0.3) is 0 Å². The van der Waals surface area contributed by atoms with Crippen molar-refractivity contribution in [2.75, 3.05) is 40.5 Å². The molecular weight excluding hydrogens is 306 g/mol. The molecule has 9 heteroatoms. The number of hydrogen-bond donors (Lipinski definition) is 3. The third-order valence-electron chi connectivity index (χ3n) is 2.50. The number of alkyl carbamates (subject to hydrolysis) is 2. The molecule has 130 valence electrons. The second kappa shape index (κ2) is 13.2. The van der Waals surface area contributed by atoms with E-state index in [1.807, 2.05) is 0 Å². The molecule has 0 bridgehead atoms. The Bertz CT molecular complexity index is 401. The average Bonchev–Trinajstić information content (AvgIpc) is 2.57. The van der Waals surface area contributed by atoms with E-state index in [0.29, 0.717) is 6.42 Å². The first-order chi connectivity index (χ1) is 11.0. The van der Waals surface area contributed by atoms with Crippen LogP contribution >= 0.6 is 0 Å². The lowest BCUT2D eigenvalue weighted by Crippen LogP contribution is -2.33. The molecule has 0 radical (unpaired) electrons. The first-order valence-electron chi connectivity index (χ1n) is 7.04. The van der Waals surface area contributed by atoms with Gasteiger partial charge in [0.2, 0.25) is 5.91 Å². The molecule has 0 unspecified atom stereocenters. The van der Waals surface area contributed by atoms with Gasteiger partial charge in [-0.25, -0.2) is 9.59 Å². The summed E-state index contributed by atoms with van der Waals surface area (Å²) in [5, 5.41) is 7.11. The van der Waals surface area contributed by atoms with Crippen LogP contribution in [0.5, 0.6) is 0 Å². The highest BCUT2D eigenvalue weighted by Gasteiger charge is 2.15. The summed E-state index contributed by atoms with van der Waals surface area (Å²) >= 11 is 0. The van der Waals surface area contributed by atoms with E-state index >= 15 is 0 Å². The summed E-state index contributed by atoms with van der Waals surface area (Å²) in [6, 6.07) is 0. The molecule has 0 aliphatic carbocycles. The monoisotopic (exact) mass is 329 g/mol. The molecule has 0 aliphatic rings. The SMILES string of the molecule is C#CCNC(=O)CCCOC(COC(=O)NC)COC(=O)NC. The third kappa shape index (κ3) is 11.8. The van der Waals surface area contributed by atoms with E-state index in [1.54, 1.807) is 0 Å². The Morgan fingerprint density at radius 1 is 1.09 bits per heavy atom. The summed E-state index contributed by atoms with van der Waals surface area (Å²) in [6.07, 6.45) is 3.87. The van der Waals surface area contributed by atoms with Gasteiger partial charge in [0.1, 0.15) is 19.3 Å². The van der Waals surface area contributed by atoms with Crippen LogP contribution in [-0.2, 0) is 19.0 Å². The number of nitrogens with one attached hydrogen (secondary N) is 3. The largest absolute Gasteiger partial charge is 0.447 e. The van der Waals surface area contributed by atoms with Crippen LogP contribution in [-0.4, -0.2) is 64.7 Å². The Hall–Kier alpha value is -2.47. The fourth-order valence-electron chi connectivity index (χ4n) is 1.35. The van der Waals surface area contributed by atoms with Crippen molar-refractivity contribution in [2.45, 2.75) is 18.9 Å². The van der Waals surface area contributed by atoms with E-state index in [0.717, 1.165) is 0 Å². The molecule has 0 rings (SSSR count). The maximum atomic E-state index is 11.3. The van der Waals surface area contributed by atoms with Crippen LogP contribution in [0.1, 0.15) is 12.8 Å². The van der Waals surface area contributed by atoms with Crippen molar-refractivity contribution < 1.29 is 28.6 Å². The van der Waals surface area contributed by atoms with Crippen molar-refractivity contribution in [3.8, 4) is 12.3 Å². The lowest BCUT2D eigenvalue weighted by Gasteiger charge is -2.17. The number of carbonyl (C=O) groups is 3. The van der Waals surface area contributed by atoms with Crippen LogP contribution in [0, 0.1) is 12.3 Å². The summed E-state index contributed by atoms with van der Waals surface area (Å²) in [5.41, 5.74) is 0. The number of hydrogen-bond acceptors (Lipinski definition) is 6. The van der Waals surface area contributed by atoms with Crippen LogP contribution in [0.25, 0.3) is 0 Å². The molecule has 3 amide bonds. The zero-order valence-corrected chi connectivity index (χ0v) is 13.3. The highest BCUT2D eigenvalue weighted by molar-refractivity contribution is 5.76. The summed E-state index contributed by atoms with van der Waals surface area (Å²) in [5.74, 6) is 2.13.